The Kier molecular flexibility index (Phi) is 2.35. The lowest BCUT2D eigenvalue weighted by Crippen LogP contribution is -2.41. The van der Waals surface area contributed by atoms with E-state index in [0.29, 0.717) is 5.41 Å². The third-order valence-electron chi connectivity index (χ3n) is 2.99. The van der Waals surface area contributed by atoms with E-state index >= 15 is 0 Å². The molecular formula is C11H21N. The molecule has 1 heterocycles. The Bertz CT molecular complexity index is 179. The zero-order valence-electron chi connectivity index (χ0n) is 8.85. The third kappa shape index (κ3) is 1.89. The molecule has 0 aliphatic carbocycles. The summed E-state index contributed by atoms with van der Waals surface area (Å²) >= 11 is 0. The molecule has 0 radical (unpaired) electrons. The van der Waals surface area contributed by atoms with E-state index in [0.717, 1.165) is 0 Å². The highest BCUT2D eigenvalue weighted by atomic mass is 15.2. The first-order valence-electron chi connectivity index (χ1n) is 4.76. The molecule has 1 fully saturated rings. The lowest BCUT2D eigenvalue weighted by molar-refractivity contribution is 0.183. The average molecular weight is 167 g/mol. The van der Waals surface area contributed by atoms with Crippen LogP contribution in [0.1, 0.15) is 34.1 Å². The van der Waals surface area contributed by atoms with Crippen molar-refractivity contribution in [2.75, 3.05) is 13.1 Å². The van der Waals surface area contributed by atoms with Gasteiger partial charge in [-0.05, 0) is 32.2 Å². The highest BCUT2D eigenvalue weighted by Crippen LogP contribution is 2.33. The van der Waals surface area contributed by atoms with Crippen LogP contribution in [0.3, 0.4) is 0 Å². The van der Waals surface area contributed by atoms with E-state index in [4.69, 9.17) is 0 Å². The Morgan fingerprint density at radius 3 is 2.33 bits per heavy atom. The van der Waals surface area contributed by atoms with Gasteiger partial charge in [0.2, 0.25) is 0 Å². The van der Waals surface area contributed by atoms with Crippen LogP contribution >= 0.6 is 0 Å². The molecule has 0 aromatic heterocycles. The molecule has 0 N–H and O–H groups in total. The Morgan fingerprint density at radius 2 is 2.00 bits per heavy atom. The van der Waals surface area contributed by atoms with Crippen LogP contribution in [-0.2, 0) is 0 Å². The van der Waals surface area contributed by atoms with Gasteiger partial charge in [0.15, 0.2) is 0 Å². The molecule has 1 nitrogen and oxygen atoms in total. The van der Waals surface area contributed by atoms with Crippen molar-refractivity contribution in [2.24, 2.45) is 5.41 Å². The van der Waals surface area contributed by atoms with Crippen molar-refractivity contribution in [2.45, 2.75) is 39.7 Å². The standard InChI is InChI=1S/C11H21N/c1-6-11(4,5)12-8-7-10(2,3)9-12/h6H,1,7-9H2,2-5H3. The summed E-state index contributed by atoms with van der Waals surface area (Å²) < 4.78 is 0. The number of rotatable bonds is 2. The van der Waals surface area contributed by atoms with Gasteiger partial charge in [0.1, 0.15) is 0 Å². The van der Waals surface area contributed by atoms with Crippen molar-refractivity contribution < 1.29 is 0 Å². The molecule has 0 unspecified atom stereocenters. The highest BCUT2D eigenvalue weighted by molar-refractivity contribution is 5.01. The van der Waals surface area contributed by atoms with Gasteiger partial charge in [-0.2, -0.15) is 0 Å². The van der Waals surface area contributed by atoms with Crippen molar-refractivity contribution in [1.29, 1.82) is 0 Å². The fourth-order valence-corrected chi connectivity index (χ4v) is 1.73. The molecule has 0 spiro atoms. The fourth-order valence-electron chi connectivity index (χ4n) is 1.73. The Hall–Kier alpha value is -0.300. The van der Waals surface area contributed by atoms with E-state index < -0.39 is 0 Å². The maximum Gasteiger partial charge on any atom is 0.0332 e. The van der Waals surface area contributed by atoms with E-state index in [9.17, 15) is 0 Å². The summed E-state index contributed by atoms with van der Waals surface area (Å²) in [5.41, 5.74) is 0.675. The van der Waals surface area contributed by atoms with Crippen LogP contribution in [0.25, 0.3) is 0 Å². The summed E-state index contributed by atoms with van der Waals surface area (Å²) in [7, 11) is 0. The Balaban J connectivity index is 2.63. The molecule has 1 aliphatic rings. The molecule has 0 atom stereocenters. The molecule has 1 saturated heterocycles. The van der Waals surface area contributed by atoms with E-state index in [1.807, 2.05) is 0 Å². The van der Waals surface area contributed by atoms with Gasteiger partial charge in [-0.1, -0.05) is 19.9 Å². The van der Waals surface area contributed by atoms with Gasteiger partial charge in [-0.3, -0.25) is 4.90 Å². The minimum absolute atomic E-state index is 0.174. The first-order valence-corrected chi connectivity index (χ1v) is 4.76. The molecule has 1 aliphatic heterocycles. The van der Waals surface area contributed by atoms with Gasteiger partial charge in [0.25, 0.3) is 0 Å². The third-order valence-corrected chi connectivity index (χ3v) is 2.99. The molecule has 1 rings (SSSR count). The van der Waals surface area contributed by atoms with E-state index in [2.05, 4.69) is 45.2 Å². The predicted molar refractivity (Wildman–Crippen MR) is 54.2 cm³/mol. The zero-order chi connectivity index (χ0) is 9.41. The Morgan fingerprint density at radius 1 is 1.42 bits per heavy atom. The second-order valence-electron chi connectivity index (χ2n) is 5.19. The molecule has 70 valence electrons. The predicted octanol–water partition coefficient (Wildman–Crippen LogP) is 2.68. The van der Waals surface area contributed by atoms with Crippen LogP contribution in [0, 0.1) is 5.41 Å². The zero-order valence-corrected chi connectivity index (χ0v) is 8.85. The second kappa shape index (κ2) is 2.88. The largest absolute Gasteiger partial charge is 0.294 e. The van der Waals surface area contributed by atoms with Gasteiger partial charge < -0.3 is 0 Å². The van der Waals surface area contributed by atoms with E-state index in [1.54, 1.807) is 0 Å². The molecule has 0 bridgehead atoms. The number of likely N-dealkylation sites (tertiary alicyclic amines) is 1. The van der Waals surface area contributed by atoms with E-state index in [-0.39, 0.29) is 5.54 Å². The van der Waals surface area contributed by atoms with Crippen LogP contribution in [0.5, 0.6) is 0 Å². The van der Waals surface area contributed by atoms with Crippen LogP contribution in [0.4, 0.5) is 0 Å². The van der Waals surface area contributed by atoms with Gasteiger partial charge >= 0.3 is 0 Å². The maximum absolute atomic E-state index is 3.88. The summed E-state index contributed by atoms with van der Waals surface area (Å²) in [5, 5.41) is 0. The SMILES string of the molecule is C=CC(C)(C)N1CCC(C)(C)C1. The first kappa shape index (κ1) is 9.79. The summed E-state index contributed by atoms with van der Waals surface area (Å²) in [5.74, 6) is 0. The minimum Gasteiger partial charge on any atom is -0.294 e. The molecule has 0 saturated carbocycles. The fraction of sp³-hybridized carbons (Fsp3) is 0.818. The summed E-state index contributed by atoms with van der Waals surface area (Å²) in [6.45, 7) is 15.5. The quantitative estimate of drug-likeness (QED) is 0.572. The summed E-state index contributed by atoms with van der Waals surface area (Å²) in [6.07, 6.45) is 3.36. The summed E-state index contributed by atoms with van der Waals surface area (Å²) in [4.78, 5) is 2.51. The lowest BCUT2D eigenvalue weighted by Gasteiger charge is -2.33. The number of hydrogen-bond acceptors (Lipinski definition) is 1. The van der Waals surface area contributed by atoms with Crippen LogP contribution in [-0.4, -0.2) is 23.5 Å². The van der Waals surface area contributed by atoms with Gasteiger partial charge in [-0.15, -0.1) is 6.58 Å². The Labute approximate surface area is 76.5 Å². The van der Waals surface area contributed by atoms with Crippen molar-refractivity contribution >= 4 is 0 Å². The highest BCUT2D eigenvalue weighted by Gasteiger charge is 2.35. The average Bonchev–Trinajstić information content (AvgIpc) is 2.31. The molecule has 0 amide bonds. The van der Waals surface area contributed by atoms with Crippen molar-refractivity contribution in [3.63, 3.8) is 0 Å². The minimum atomic E-state index is 0.174. The topological polar surface area (TPSA) is 3.24 Å². The molecule has 0 aromatic rings. The monoisotopic (exact) mass is 167 g/mol. The number of nitrogens with zero attached hydrogens (tertiary/aromatic N) is 1. The molecule has 1 heteroatoms. The van der Waals surface area contributed by atoms with Crippen LogP contribution in [0.15, 0.2) is 12.7 Å². The molecule has 12 heavy (non-hydrogen) atoms. The maximum atomic E-state index is 3.88. The van der Waals surface area contributed by atoms with Crippen molar-refractivity contribution in [1.82, 2.24) is 4.90 Å². The normalized spacial score (nSPS) is 24.3. The van der Waals surface area contributed by atoms with Crippen LogP contribution < -0.4 is 0 Å². The molecular weight excluding hydrogens is 146 g/mol. The second-order valence-corrected chi connectivity index (χ2v) is 5.19. The van der Waals surface area contributed by atoms with Gasteiger partial charge in [-0.25, -0.2) is 0 Å². The van der Waals surface area contributed by atoms with Crippen molar-refractivity contribution in [3.05, 3.63) is 12.7 Å². The number of hydrogen-bond donors (Lipinski definition) is 0. The lowest BCUT2D eigenvalue weighted by atomic mass is 9.93. The van der Waals surface area contributed by atoms with Crippen LogP contribution in [0.2, 0.25) is 0 Å². The van der Waals surface area contributed by atoms with E-state index in [1.165, 1.54) is 19.5 Å². The van der Waals surface area contributed by atoms with Gasteiger partial charge in [0.05, 0.1) is 0 Å². The smallest absolute Gasteiger partial charge is 0.0332 e. The van der Waals surface area contributed by atoms with Crippen molar-refractivity contribution in [3.8, 4) is 0 Å². The molecule has 0 aromatic carbocycles. The first-order chi connectivity index (χ1) is 5.37. The van der Waals surface area contributed by atoms with Gasteiger partial charge in [0, 0.05) is 12.1 Å². The summed E-state index contributed by atoms with van der Waals surface area (Å²) in [6, 6.07) is 0.